The first-order valence-corrected chi connectivity index (χ1v) is 6.69. The molecular weight excluding hydrogens is 206 g/mol. The van der Waals surface area contributed by atoms with Crippen LogP contribution in [0.25, 0.3) is 6.08 Å². The summed E-state index contributed by atoms with van der Waals surface area (Å²) in [6.45, 7) is 7.64. The molecule has 1 heteroatoms. The van der Waals surface area contributed by atoms with E-state index < -0.39 is 0 Å². The van der Waals surface area contributed by atoms with Crippen LogP contribution < -0.4 is 5.32 Å². The highest BCUT2D eigenvalue weighted by atomic mass is 14.9. The first-order chi connectivity index (χ1) is 8.19. The third-order valence-electron chi connectivity index (χ3n) is 3.44. The number of rotatable bonds is 5. The van der Waals surface area contributed by atoms with E-state index in [0.29, 0.717) is 0 Å². The van der Waals surface area contributed by atoms with Crippen molar-refractivity contribution >= 4 is 6.08 Å². The van der Waals surface area contributed by atoms with Gasteiger partial charge >= 0.3 is 0 Å². The molecule has 1 N–H and O–H groups in total. The molecule has 0 unspecified atom stereocenters. The zero-order valence-corrected chi connectivity index (χ0v) is 11.2. The topological polar surface area (TPSA) is 12.0 Å². The van der Waals surface area contributed by atoms with Gasteiger partial charge in [-0.1, -0.05) is 42.3 Å². The zero-order valence-electron chi connectivity index (χ0n) is 11.2. The number of aryl methyl sites for hydroxylation is 2. The van der Waals surface area contributed by atoms with Crippen molar-refractivity contribution in [2.24, 2.45) is 0 Å². The van der Waals surface area contributed by atoms with Gasteiger partial charge in [-0.2, -0.15) is 0 Å². The van der Waals surface area contributed by atoms with E-state index in [1.165, 1.54) is 35.1 Å². The van der Waals surface area contributed by atoms with Gasteiger partial charge in [0.1, 0.15) is 0 Å². The lowest BCUT2D eigenvalue weighted by molar-refractivity contribution is 0.723. The molecule has 0 amide bonds. The quantitative estimate of drug-likeness (QED) is 0.808. The average Bonchev–Trinajstić information content (AvgIpc) is 3.12. The van der Waals surface area contributed by atoms with Crippen molar-refractivity contribution in [3.8, 4) is 0 Å². The smallest absolute Gasteiger partial charge is 0.0170 e. The Balaban J connectivity index is 2.09. The Hall–Kier alpha value is -1.08. The third-order valence-corrected chi connectivity index (χ3v) is 3.44. The van der Waals surface area contributed by atoms with Crippen LogP contribution in [-0.4, -0.2) is 12.6 Å². The highest BCUT2D eigenvalue weighted by molar-refractivity contribution is 5.57. The van der Waals surface area contributed by atoms with E-state index in [1.54, 1.807) is 0 Å². The van der Waals surface area contributed by atoms with Gasteiger partial charge in [0, 0.05) is 12.6 Å². The molecule has 0 aliphatic heterocycles. The van der Waals surface area contributed by atoms with Crippen molar-refractivity contribution in [2.45, 2.75) is 46.1 Å². The van der Waals surface area contributed by atoms with Gasteiger partial charge in [-0.3, -0.25) is 0 Å². The summed E-state index contributed by atoms with van der Waals surface area (Å²) in [4.78, 5) is 0. The minimum absolute atomic E-state index is 0.795. The van der Waals surface area contributed by atoms with Gasteiger partial charge in [-0.25, -0.2) is 0 Å². The van der Waals surface area contributed by atoms with E-state index in [4.69, 9.17) is 0 Å². The van der Waals surface area contributed by atoms with Crippen LogP contribution in [0.2, 0.25) is 0 Å². The maximum Gasteiger partial charge on any atom is 0.0170 e. The minimum Gasteiger partial charge on any atom is -0.310 e. The number of hydrogen-bond acceptors (Lipinski definition) is 1. The van der Waals surface area contributed by atoms with Crippen molar-refractivity contribution in [3.05, 3.63) is 40.5 Å². The van der Waals surface area contributed by atoms with E-state index in [-0.39, 0.29) is 0 Å². The van der Waals surface area contributed by atoms with Gasteiger partial charge in [0.2, 0.25) is 0 Å². The maximum atomic E-state index is 3.59. The lowest BCUT2D eigenvalue weighted by atomic mass is 10.0. The Morgan fingerprint density at radius 1 is 1.35 bits per heavy atom. The Bertz CT molecular complexity index is 414. The molecule has 2 rings (SSSR count). The molecule has 0 radical (unpaired) electrons. The van der Waals surface area contributed by atoms with E-state index in [2.05, 4.69) is 50.4 Å². The summed E-state index contributed by atoms with van der Waals surface area (Å²) in [6, 6.07) is 7.47. The Morgan fingerprint density at radius 3 is 2.76 bits per heavy atom. The molecule has 1 aliphatic rings. The molecule has 1 aromatic carbocycles. The van der Waals surface area contributed by atoms with E-state index >= 15 is 0 Å². The molecule has 1 fully saturated rings. The maximum absolute atomic E-state index is 3.59. The molecule has 1 aliphatic carbocycles. The van der Waals surface area contributed by atoms with Crippen LogP contribution in [0.5, 0.6) is 0 Å². The van der Waals surface area contributed by atoms with Gasteiger partial charge in [0.05, 0.1) is 0 Å². The van der Waals surface area contributed by atoms with Crippen molar-refractivity contribution in [1.29, 1.82) is 0 Å². The first kappa shape index (κ1) is 12.4. The molecule has 1 aromatic rings. The number of hydrogen-bond donors (Lipinski definition) is 1. The van der Waals surface area contributed by atoms with Crippen LogP contribution >= 0.6 is 0 Å². The Morgan fingerprint density at radius 2 is 2.12 bits per heavy atom. The van der Waals surface area contributed by atoms with E-state index in [9.17, 15) is 0 Å². The summed E-state index contributed by atoms with van der Waals surface area (Å²) in [7, 11) is 0. The van der Waals surface area contributed by atoms with Crippen LogP contribution in [0.3, 0.4) is 0 Å². The Labute approximate surface area is 105 Å². The van der Waals surface area contributed by atoms with Gasteiger partial charge in [0.25, 0.3) is 0 Å². The molecule has 0 saturated heterocycles. The molecule has 0 spiro atoms. The summed E-state index contributed by atoms with van der Waals surface area (Å²) in [6.07, 6.45) is 6.21. The molecule has 0 atom stereocenters. The second kappa shape index (κ2) is 5.50. The van der Waals surface area contributed by atoms with Gasteiger partial charge < -0.3 is 5.32 Å². The molecule has 1 nitrogen and oxygen atoms in total. The molecular formula is C16H23N. The highest BCUT2D eigenvalue weighted by Crippen LogP contribution is 2.20. The van der Waals surface area contributed by atoms with Crippen LogP contribution in [-0.2, 0) is 0 Å². The molecule has 0 bridgehead atoms. The molecule has 92 valence electrons. The number of nitrogens with one attached hydrogen (secondary N) is 1. The lowest BCUT2D eigenvalue weighted by Gasteiger charge is -2.08. The summed E-state index contributed by atoms with van der Waals surface area (Å²) in [5, 5.41) is 3.59. The second-order valence-electron chi connectivity index (χ2n) is 5.17. The van der Waals surface area contributed by atoms with Crippen molar-refractivity contribution in [2.75, 3.05) is 6.54 Å². The summed E-state index contributed by atoms with van der Waals surface area (Å²) < 4.78 is 0. The van der Waals surface area contributed by atoms with Crippen LogP contribution in [0, 0.1) is 13.8 Å². The van der Waals surface area contributed by atoms with Crippen LogP contribution in [0.4, 0.5) is 0 Å². The van der Waals surface area contributed by atoms with Crippen LogP contribution in [0.1, 0.15) is 42.9 Å². The third kappa shape index (κ3) is 3.71. The fourth-order valence-electron chi connectivity index (χ4n) is 1.98. The lowest BCUT2D eigenvalue weighted by Crippen LogP contribution is -2.18. The van der Waals surface area contributed by atoms with Crippen molar-refractivity contribution in [3.63, 3.8) is 0 Å². The predicted octanol–water partition coefficient (Wildman–Crippen LogP) is 3.85. The SMILES string of the molecule is CCC(=Cc1cc(C)ccc1C)CNC1CC1. The molecule has 1 saturated carbocycles. The normalized spacial score (nSPS) is 16.3. The number of benzene rings is 1. The first-order valence-electron chi connectivity index (χ1n) is 6.69. The van der Waals surface area contributed by atoms with Gasteiger partial charge in [0.15, 0.2) is 0 Å². The Kier molecular flexibility index (Phi) is 4.01. The fraction of sp³-hybridized carbons (Fsp3) is 0.500. The predicted molar refractivity (Wildman–Crippen MR) is 75.2 cm³/mol. The summed E-state index contributed by atoms with van der Waals surface area (Å²) in [5.41, 5.74) is 5.59. The largest absolute Gasteiger partial charge is 0.310 e. The standard InChI is InChI=1S/C16H23N/c1-4-14(11-17-16-7-8-16)10-15-9-12(2)5-6-13(15)3/h5-6,9-10,16-17H,4,7-8,11H2,1-3H3. The minimum atomic E-state index is 0.795. The van der Waals surface area contributed by atoms with Crippen molar-refractivity contribution in [1.82, 2.24) is 5.32 Å². The zero-order chi connectivity index (χ0) is 12.3. The summed E-state index contributed by atoms with van der Waals surface area (Å²) >= 11 is 0. The second-order valence-corrected chi connectivity index (χ2v) is 5.17. The average molecular weight is 229 g/mol. The van der Waals surface area contributed by atoms with E-state index in [0.717, 1.165) is 19.0 Å². The monoisotopic (exact) mass is 229 g/mol. The summed E-state index contributed by atoms with van der Waals surface area (Å²) in [5.74, 6) is 0. The molecule has 17 heavy (non-hydrogen) atoms. The van der Waals surface area contributed by atoms with Gasteiger partial charge in [-0.05, 0) is 44.2 Å². The fourth-order valence-corrected chi connectivity index (χ4v) is 1.98. The van der Waals surface area contributed by atoms with Crippen molar-refractivity contribution < 1.29 is 0 Å². The molecule has 0 heterocycles. The van der Waals surface area contributed by atoms with Gasteiger partial charge in [-0.15, -0.1) is 0 Å². The highest BCUT2D eigenvalue weighted by Gasteiger charge is 2.20. The van der Waals surface area contributed by atoms with E-state index in [1.807, 2.05) is 0 Å². The van der Waals surface area contributed by atoms with Crippen LogP contribution in [0.15, 0.2) is 23.8 Å². The molecule has 0 aromatic heterocycles.